The Kier molecular flexibility index (Phi) is 6.97. The quantitative estimate of drug-likeness (QED) is 0.672. The van der Waals surface area contributed by atoms with Gasteiger partial charge in [-0.1, -0.05) is 0 Å². The molecule has 0 saturated heterocycles. The Morgan fingerprint density at radius 2 is 1.64 bits per heavy atom. The van der Waals surface area contributed by atoms with Crippen LogP contribution >= 0.6 is 0 Å². The molecule has 0 aliphatic heterocycles. The fourth-order valence-corrected chi connectivity index (χ4v) is 2.05. The van der Waals surface area contributed by atoms with Gasteiger partial charge in [-0.05, 0) is 30.7 Å². The summed E-state index contributed by atoms with van der Waals surface area (Å²) in [4.78, 5) is 12.4. The lowest BCUT2D eigenvalue weighted by atomic mass is 10.2. The number of nitrogens with zero attached hydrogens (tertiary/aromatic N) is 2. The number of anilines is 2. The molecule has 2 aromatic rings. The number of hydrogen-bond donors (Lipinski definition) is 2. The van der Waals surface area contributed by atoms with Crippen molar-refractivity contribution < 1.29 is 19.0 Å². The molecule has 0 spiro atoms. The summed E-state index contributed by atoms with van der Waals surface area (Å²) in [7, 11) is 4.72. The van der Waals surface area contributed by atoms with Crippen molar-refractivity contribution in [1.29, 1.82) is 0 Å². The lowest BCUT2D eigenvalue weighted by Crippen LogP contribution is -2.14. The van der Waals surface area contributed by atoms with Gasteiger partial charge >= 0.3 is 0 Å². The SMILES string of the molecule is COCCCNc1ccc(NC(=O)c2cc(OC)cc(OC)c2)nn1. The van der Waals surface area contributed by atoms with Gasteiger partial charge in [-0.2, -0.15) is 0 Å². The molecular formula is C17H22N4O4. The molecule has 0 unspecified atom stereocenters. The van der Waals surface area contributed by atoms with Crippen LogP contribution in [0.1, 0.15) is 16.8 Å². The first-order valence-corrected chi connectivity index (χ1v) is 7.77. The normalized spacial score (nSPS) is 10.2. The van der Waals surface area contributed by atoms with E-state index in [1.807, 2.05) is 0 Å². The number of aromatic nitrogens is 2. The van der Waals surface area contributed by atoms with Crippen molar-refractivity contribution >= 4 is 17.5 Å². The number of amides is 1. The van der Waals surface area contributed by atoms with Gasteiger partial charge in [0.15, 0.2) is 5.82 Å². The second-order valence-electron chi connectivity index (χ2n) is 5.13. The van der Waals surface area contributed by atoms with E-state index in [1.54, 1.807) is 37.4 Å². The predicted octanol–water partition coefficient (Wildman–Crippen LogP) is 2.19. The van der Waals surface area contributed by atoms with Crippen molar-refractivity contribution in [2.75, 3.05) is 45.1 Å². The number of rotatable bonds is 9. The highest BCUT2D eigenvalue weighted by molar-refractivity contribution is 6.04. The molecule has 0 aliphatic carbocycles. The van der Waals surface area contributed by atoms with Gasteiger partial charge in [-0.25, -0.2) is 0 Å². The second-order valence-corrected chi connectivity index (χ2v) is 5.13. The van der Waals surface area contributed by atoms with Gasteiger partial charge in [0.1, 0.15) is 17.3 Å². The molecule has 0 radical (unpaired) electrons. The summed E-state index contributed by atoms with van der Waals surface area (Å²) in [6.45, 7) is 1.41. The van der Waals surface area contributed by atoms with Gasteiger partial charge < -0.3 is 24.8 Å². The highest BCUT2D eigenvalue weighted by Gasteiger charge is 2.11. The van der Waals surface area contributed by atoms with Gasteiger partial charge in [-0.3, -0.25) is 4.79 Å². The largest absolute Gasteiger partial charge is 0.497 e. The predicted molar refractivity (Wildman–Crippen MR) is 94.5 cm³/mol. The van der Waals surface area contributed by atoms with Crippen LogP contribution in [0.5, 0.6) is 11.5 Å². The fraction of sp³-hybridized carbons (Fsp3) is 0.353. The van der Waals surface area contributed by atoms with Gasteiger partial charge in [0, 0.05) is 31.9 Å². The van der Waals surface area contributed by atoms with Crippen molar-refractivity contribution in [3.8, 4) is 11.5 Å². The molecule has 0 bridgehead atoms. The number of ether oxygens (including phenoxy) is 3. The molecule has 8 heteroatoms. The molecule has 1 heterocycles. The van der Waals surface area contributed by atoms with Crippen molar-refractivity contribution in [2.24, 2.45) is 0 Å². The Labute approximate surface area is 146 Å². The van der Waals surface area contributed by atoms with E-state index in [-0.39, 0.29) is 5.91 Å². The number of nitrogens with one attached hydrogen (secondary N) is 2. The molecule has 134 valence electrons. The van der Waals surface area contributed by atoms with E-state index in [9.17, 15) is 4.79 Å². The monoisotopic (exact) mass is 346 g/mol. The summed E-state index contributed by atoms with van der Waals surface area (Å²) < 4.78 is 15.3. The maximum atomic E-state index is 12.4. The topological polar surface area (TPSA) is 94.6 Å². The van der Waals surface area contributed by atoms with E-state index in [0.29, 0.717) is 35.3 Å². The van der Waals surface area contributed by atoms with Gasteiger partial charge in [0.2, 0.25) is 0 Å². The maximum Gasteiger partial charge on any atom is 0.257 e. The third kappa shape index (κ3) is 5.61. The molecule has 0 fully saturated rings. The van der Waals surface area contributed by atoms with Crippen LogP contribution < -0.4 is 20.1 Å². The van der Waals surface area contributed by atoms with Crippen LogP contribution in [0.4, 0.5) is 11.6 Å². The molecule has 2 rings (SSSR count). The van der Waals surface area contributed by atoms with E-state index in [4.69, 9.17) is 14.2 Å². The average Bonchev–Trinajstić information content (AvgIpc) is 2.66. The molecule has 1 aromatic heterocycles. The number of carbonyl (C=O) groups is 1. The zero-order valence-electron chi connectivity index (χ0n) is 14.5. The molecule has 0 aliphatic rings. The van der Waals surface area contributed by atoms with Crippen LogP contribution in [0.25, 0.3) is 0 Å². The van der Waals surface area contributed by atoms with Crippen LogP contribution in [-0.4, -0.2) is 50.6 Å². The van der Waals surface area contributed by atoms with E-state index < -0.39 is 0 Å². The molecule has 0 atom stereocenters. The van der Waals surface area contributed by atoms with Gasteiger partial charge in [0.25, 0.3) is 5.91 Å². The summed E-state index contributed by atoms with van der Waals surface area (Å²) in [5.41, 5.74) is 0.403. The van der Waals surface area contributed by atoms with Crippen molar-refractivity contribution in [3.63, 3.8) is 0 Å². The van der Waals surface area contributed by atoms with Crippen LogP contribution in [0.2, 0.25) is 0 Å². The van der Waals surface area contributed by atoms with E-state index in [0.717, 1.165) is 13.0 Å². The van der Waals surface area contributed by atoms with Gasteiger partial charge in [-0.15, -0.1) is 10.2 Å². The number of methoxy groups -OCH3 is 3. The third-order valence-corrected chi connectivity index (χ3v) is 3.35. The summed E-state index contributed by atoms with van der Waals surface area (Å²) >= 11 is 0. The summed E-state index contributed by atoms with van der Waals surface area (Å²) in [5, 5.41) is 13.8. The zero-order valence-corrected chi connectivity index (χ0v) is 14.5. The number of benzene rings is 1. The third-order valence-electron chi connectivity index (χ3n) is 3.35. The number of carbonyl (C=O) groups excluding carboxylic acids is 1. The summed E-state index contributed by atoms with van der Waals surface area (Å²) in [5.74, 6) is 1.73. The van der Waals surface area contributed by atoms with Crippen LogP contribution in [0, 0.1) is 0 Å². The first-order chi connectivity index (χ1) is 12.2. The Morgan fingerprint density at radius 3 is 2.20 bits per heavy atom. The van der Waals surface area contributed by atoms with Crippen LogP contribution in [-0.2, 0) is 4.74 Å². The lowest BCUT2D eigenvalue weighted by molar-refractivity contribution is 0.102. The van der Waals surface area contributed by atoms with Crippen molar-refractivity contribution in [1.82, 2.24) is 10.2 Å². The van der Waals surface area contributed by atoms with Gasteiger partial charge in [0.05, 0.1) is 14.2 Å². The Bertz CT molecular complexity index is 669. The second kappa shape index (κ2) is 9.43. The first kappa shape index (κ1) is 18.5. The Hall–Kier alpha value is -2.87. The zero-order chi connectivity index (χ0) is 18.1. The number of hydrogen-bond acceptors (Lipinski definition) is 7. The molecule has 0 saturated carbocycles. The van der Waals surface area contributed by atoms with Crippen LogP contribution in [0.15, 0.2) is 30.3 Å². The summed E-state index contributed by atoms with van der Waals surface area (Å²) in [6, 6.07) is 8.37. The van der Waals surface area contributed by atoms with Crippen LogP contribution in [0.3, 0.4) is 0 Å². The molecule has 1 amide bonds. The van der Waals surface area contributed by atoms with E-state index >= 15 is 0 Å². The lowest BCUT2D eigenvalue weighted by Gasteiger charge is -2.09. The van der Waals surface area contributed by atoms with Crippen molar-refractivity contribution in [3.05, 3.63) is 35.9 Å². The van der Waals surface area contributed by atoms with E-state index in [1.165, 1.54) is 14.2 Å². The minimum absolute atomic E-state index is 0.327. The highest BCUT2D eigenvalue weighted by atomic mass is 16.5. The fourth-order valence-electron chi connectivity index (χ4n) is 2.05. The Morgan fingerprint density at radius 1 is 1.00 bits per heavy atom. The Balaban J connectivity index is 1.98. The highest BCUT2D eigenvalue weighted by Crippen LogP contribution is 2.23. The average molecular weight is 346 g/mol. The first-order valence-electron chi connectivity index (χ1n) is 7.77. The molecule has 25 heavy (non-hydrogen) atoms. The van der Waals surface area contributed by atoms with Crippen molar-refractivity contribution in [2.45, 2.75) is 6.42 Å². The molecule has 1 aromatic carbocycles. The minimum Gasteiger partial charge on any atom is -0.497 e. The molecule has 8 nitrogen and oxygen atoms in total. The molecule has 2 N–H and O–H groups in total. The summed E-state index contributed by atoms with van der Waals surface area (Å²) in [6.07, 6.45) is 0.869. The van der Waals surface area contributed by atoms with E-state index in [2.05, 4.69) is 20.8 Å². The minimum atomic E-state index is -0.327. The smallest absolute Gasteiger partial charge is 0.257 e. The molecular weight excluding hydrogens is 324 g/mol. The standard InChI is InChI=1S/C17H22N4O4/c1-23-8-4-7-18-15-5-6-16(21-20-15)19-17(22)12-9-13(24-2)11-14(10-12)25-3/h5-6,9-11H,4,7-8H2,1-3H3,(H,18,20)(H,19,21,22). The maximum absolute atomic E-state index is 12.4.